The molecule has 2 aliphatic rings. The summed E-state index contributed by atoms with van der Waals surface area (Å²) in [6.45, 7) is 3.91. The van der Waals surface area contributed by atoms with Crippen LogP contribution in [0.4, 0.5) is 0 Å². The van der Waals surface area contributed by atoms with E-state index in [1.165, 1.54) is 0 Å². The van der Waals surface area contributed by atoms with Crippen molar-refractivity contribution >= 4 is 27.0 Å². The number of ether oxygens (including phenoxy) is 1. The second kappa shape index (κ2) is 8.93. The predicted molar refractivity (Wildman–Crippen MR) is 137 cm³/mol. The topological polar surface area (TPSA) is 128 Å². The molecule has 2 aliphatic heterocycles. The van der Waals surface area contributed by atoms with Crippen molar-refractivity contribution in [1.82, 2.24) is 14.5 Å². The Morgan fingerprint density at radius 3 is 2.65 bits per heavy atom. The van der Waals surface area contributed by atoms with Crippen LogP contribution in [0.15, 0.2) is 29.1 Å². The molecule has 0 saturated heterocycles. The Hall–Kier alpha value is -3.28. The highest BCUT2D eigenvalue weighted by atomic mass is 32.2. The molecule has 1 unspecified atom stereocenters. The second-order valence-corrected chi connectivity index (χ2v) is 11.5. The minimum absolute atomic E-state index is 0.0668. The number of esters is 1. The van der Waals surface area contributed by atoms with Crippen LogP contribution in [-0.2, 0) is 44.9 Å². The zero-order valence-electron chi connectivity index (χ0n) is 21.2. The number of benzene rings is 1. The van der Waals surface area contributed by atoms with Crippen LogP contribution in [0, 0.1) is 0 Å². The molecule has 1 atom stereocenters. The number of cyclic esters (lactones) is 1. The quantitative estimate of drug-likeness (QED) is 0.284. The van der Waals surface area contributed by atoms with Gasteiger partial charge in [0.1, 0.15) is 12.4 Å². The average Bonchev–Trinajstić information content (AvgIpc) is 3.19. The lowest BCUT2D eigenvalue weighted by Crippen LogP contribution is -2.44. The van der Waals surface area contributed by atoms with Crippen LogP contribution in [0.1, 0.15) is 48.9 Å². The van der Waals surface area contributed by atoms with Crippen LogP contribution in [0.3, 0.4) is 0 Å². The first-order valence-corrected chi connectivity index (χ1v) is 13.8. The minimum atomic E-state index is -3.75. The summed E-state index contributed by atoms with van der Waals surface area (Å²) in [5.41, 5.74) is 1.45. The van der Waals surface area contributed by atoms with E-state index < -0.39 is 21.7 Å². The maximum Gasteiger partial charge on any atom is 0.343 e. The monoisotopic (exact) mass is 527 g/mol. The molecule has 37 heavy (non-hydrogen) atoms. The highest BCUT2D eigenvalue weighted by Gasteiger charge is 2.45. The van der Waals surface area contributed by atoms with Gasteiger partial charge in [-0.1, -0.05) is 13.8 Å². The number of pyridine rings is 2. The van der Waals surface area contributed by atoms with Crippen LogP contribution >= 0.6 is 0 Å². The lowest BCUT2D eigenvalue weighted by molar-refractivity contribution is -0.172. The average molecular weight is 528 g/mol. The van der Waals surface area contributed by atoms with Gasteiger partial charge in [-0.3, -0.25) is 4.79 Å². The minimum Gasteiger partial charge on any atom is -0.458 e. The summed E-state index contributed by atoms with van der Waals surface area (Å²) >= 11 is 0. The molecular formula is C26H29N3O7S. The third-order valence-corrected chi connectivity index (χ3v) is 8.25. The number of carbonyl (C=O) groups is 1. The summed E-state index contributed by atoms with van der Waals surface area (Å²) in [6, 6.07) is 6.88. The molecule has 1 aromatic carbocycles. The van der Waals surface area contributed by atoms with Crippen molar-refractivity contribution < 1.29 is 27.2 Å². The van der Waals surface area contributed by atoms with Gasteiger partial charge < -0.3 is 23.5 Å². The van der Waals surface area contributed by atoms with Crippen molar-refractivity contribution in [3.63, 3.8) is 0 Å². The largest absolute Gasteiger partial charge is 0.458 e. The predicted octanol–water partition coefficient (Wildman–Crippen LogP) is 2.26. The molecule has 0 fully saturated rings. The number of hydrogen-bond donors (Lipinski definition) is 1. The van der Waals surface area contributed by atoms with Crippen LogP contribution in [0.2, 0.25) is 0 Å². The molecule has 10 nitrogen and oxygen atoms in total. The first kappa shape index (κ1) is 25.4. The normalized spacial score (nSPS) is 18.5. The second-order valence-electron chi connectivity index (χ2n) is 9.79. The Balaban J connectivity index is 1.69. The van der Waals surface area contributed by atoms with E-state index in [1.54, 1.807) is 36.6 Å². The van der Waals surface area contributed by atoms with Gasteiger partial charge >= 0.3 is 16.1 Å². The van der Waals surface area contributed by atoms with Gasteiger partial charge in [-0.2, -0.15) is 8.42 Å². The summed E-state index contributed by atoms with van der Waals surface area (Å²) in [7, 11) is 0.00671. The highest BCUT2D eigenvalue weighted by Crippen LogP contribution is 2.40. The number of aliphatic hydroxyl groups is 1. The summed E-state index contributed by atoms with van der Waals surface area (Å²) < 4.78 is 37.0. The van der Waals surface area contributed by atoms with Gasteiger partial charge in [0, 0.05) is 28.6 Å². The molecule has 196 valence electrons. The maximum absolute atomic E-state index is 13.4. The molecule has 0 saturated carbocycles. The molecule has 1 N–H and O–H groups in total. The number of hydrogen-bond acceptors (Lipinski definition) is 9. The summed E-state index contributed by atoms with van der Waals surface area (Å²) in [5, 5.41) is 11.8. The summed E-state index contributed by atoms with van der Waals surface area (Å²) in [6.07, 6.45) is 0.506. The number of fused-ring (bicyclic) bond motifs is 5. The number of carbonyl (C=O) groups excluding carboxylic acids is 1. The van der Waals surface area contributed by atoms with Gasteiger partial charge in [-0.25, -0.2) is 9.78 Å². The van der Waals surface area contributed by atoms with Crippen molar-refractivity contribution in [1.29, 1.82) is 0 Å². The first-order chi connectivity index (χ1) is 17.5. The third-order valence-electron chi connectivity index (χ3n) is 6.91. The molecule has 0 amide bonds. The zero-order chi connectivity index (χ0) is 26.7. The zero-order valence-corrected chi connectivity index (χ0v) is 22.0. The molecule has 0 aliphatic carbocycles. The van der Waals surface area contributed by atoms with Gasteiger partial charge in [-0.05, 0) is 51.2 Å². The number of aromatic nitrogens is 2. The van der Waals surface area contributed by atoms with Crippen molar-refractivity contribution in [2.24, 2.45) is 0 Å². The standard InChI is InChI=1S/C26H29N3O7S/c1-5-9-37(33,34)36-22-8-7-20-16(17(22)13-28(3)4)10-15-12-29-21(23(15)27-20)11-19-18(24(29)30)14-35-25(31)26(19,32)6-2/h7-8,10-11,32H,5-6,9,12-14H2,1-4H3. The van der Waals surface area contributed by atoms with Crippen LogP contribution < -0.4 is 9.74 Å². The van der Waals surface area contributed by atoms with Crippen molar-refractivity contribution in [2.75, 3.05) is 19.8 Å². The molecule has 0 spiro atoms. The third kappa shape index (κ3) is 4.11. The Morgan fingerprint density at radius 2 is 1.97 bits per heavy atom. The van der Waals surface area contributed by atoms with E-state index in [0.29, 0.717) is 35.4 Å². The van der Waals surface area contributed by atoms with E-state index in [-0.39, 0.29) is 47.8 Å². The lowest BCUT2D eigenvalue weighted by Gasteiger charge is -2.31. The highest BCUT2D eigenvalue weighted by molar-refractivity contribution is 7.87. The molecule has 0 bridgehead atoms. The van der Waals surface area contributed by atoms with Crippen molar-refractivity contribution in [2.45, 2.75) is 52.0 Å². The van der Waals surface area contributed by atoms with E-state index in [0.717, 1.165) is 10.9 Å². The Bertz CT molecular complexity index is 1610. The van der Waals surface area contributed by atoms with Crippen LogP contribution in [0.5, 0.6) is 5.75 Å². The van der Waals surface area contributed by atoms with Gasteiger partial charge in [0.2, 0.25) is 0 Å². The van der Waals surface area contributed by atoms with E-state index in [4.69, 9.17) is 13.9 Å². The first-order valence-electron chi connectivity index (χ1n) is 12.2. The lowest BCUT2D eigenvalue weighted by atomic mass is 9.86. The smallest absolute Gasteiger partial charge is 0.343 e. The maximum atomic E-state index is 13.4. The summed E-state index contributed by atoms with van der Waals surface area (Å²) in [4.78, 5) is 32.5. The van der Waals surface area contributed by atoms with E-state index in [1.807, 2.05) is 25.1 Å². The molecule has 2 aromatic heterocycles. The molecular weight excluding hydrogens is 498 g/mol. The van der Waals surface area contributed by atoms with E-state index in [9.17, 15) is 23.1 Å². The van der Waals surface area contributed by atoms with E-state index in [2.05, 4.69) is 0 Å². The Labute approximate surface area is 214 Å². The van der Waals surface area contributed by atoms with Gasteiger partial charge in [0.15, 0.2) is 5.60 Å². The van der Waals surface area contributed by atoms with Crippen molar-refractivity contribution in [3.8, 4) is 17.1 Å². The summed E-state index contributed by atoms with van der Waals surface area (Å²) in [5.74, 6) is -0.604. The SMILES string of the molecule is CCCS(=O)(=O)Oc1ccc2nc3c(cc2c1CN(C)C)Cn1c-3cc2c(c1=O)COC(=O)C2(O)CC. The Kier molecular flexibility index (Phi) is 6.12. The van der Waals surface area contributed by atoms with Gasteiger partial charge in [0.25, 0.3) is 5.56 Å². The molecule has 0 radical (unpaired) electrons. The molecule has 4 heterocycles. The molecule has 5 rings (SSSR count). The van der Waals surface area contributed by atoms with Gasteiger partial charge in [-0.15, -0.1) is 0 Å². The van der Waals surface area contributed by atoms with Crippen LogP contribution in [0.25, 0.3) is 22.3 Å². The van der Waals surface area contributed by atoms with Crippen LogP contribution in [-0.4, -0.2) is 53.8 Å². The fourth-order valence-electron chi connectivity index (χ4n) is 5.08. The number of nitrogens with zero attached hydrogens (tertiary/aromatic N) is 3. The Morgan fingerprint density at radius 1 is 1.22 bits per heavy atom. The van der Waals surface area contributed by atoms with E-state index >= 15 is 0 Å². The van der Waals surface area contributed by atoms with Gasteiger partial charge in [0.05, 0.1) is 34.8 Å². The number of rotatable bonds is 7. The fourth-order valence-corrected chi connectivity index (χ4v) is 6.09. The van der Waals surface area contributed by atoms with Crippen molar-refractivity contribution in [3.05, 3.63) is 56.9 Å². The molecule has 11 heteroatoms. The fraction of sp³-hybridized carbons (Fsp3) is 0.423. The molecule has 3 aromatic rings.